The monoisotopic (exact) mass is 433 g/mol. The van der Waals surface area contributed by atoms with Crippen molar-refractivity contribution in [2.45, 2.75) is 20.1 Å². The molecule has 9 heteroatoms. The molecule has 0 bridgehead atoms. The first-order valence-corrected chi connectivity index (χ1v) is 8.70. The lowest BCUT2D eigenvalue weighted by atomic mass is 10.1. The Bertz CT molecular complexity index is 931. The van der Waals surface area contributed by atoms with Gasteiger partial charge in [0.1, 0.15) is 0 Å². The summed E-state index contributed by atoms with van der Waals surface area (Å²) in [6.07, 6.45) is 2.45. The average molecular weight is 434 g/mol. The number of aromatic nitrogens is 1. The van der Waals surface area contributed by atoms with Gasteiger partial charge in [0.2, 0.25) is 18.0 Å². The summed E-state index contributed by atoms with van der Waals surface area (Å²) < 4.78 is 17.1. The van der Waals surface area contributed by atoms with Gasteiger partial charge in [0.05, 0.1) is 12.7 Å². The first-order chi connectivity index (χ1) is 12.9. The molecule has 0 N–H and O–H groups in total. The van der Waals surface area contributed by atoms with E-state index in [2.05, 4.69) is 26.0 Å². The molecular weight excluding hydrogens is 418 g/mol. The lowest BCUT2D eigenvalue weighted by molar-refractivity contribution is -0.135. The largest absolute Gasteiger partial charge is 0.493 e. The van der Waals surface area contributed by atoms with Crippen molar-refractivity contribution >= 4 is 33.7 Å². The number of halogens is 1. The molecule has 140 valence electrons. The minimum atomic E-state index is -0.781. The van der Waals surface area contributed by atoms with Crippen molar-refractivity contribution in [3.63, 3.8) is 0 Å². The molecule has 0 saturated heterocycles. The number of hydrogen-bond donors (Lipinski definition) is 0. The zero-order valence-electron chi connectivity index (χ0n) is 14.8. The van der Waals surface area contributed by atoms with E-state index in [1.54, 1.807) is 36.7 Å². The van der Waals surface area contributed by atoms with E-state index in [0.717, 1.165) is 4.47 Å². The highest BCUT2D eigenvalue weighted by Crippen LogP contribution is 2.36. The number of hydrazone groups is 1. The number of amides is 1. The number of nitrogens with zero attached hydrogens (tertiary/aromatic N) is 3. The zero-order chi connectivity index (χ0) is 19.6. The van der Waals surface area contributed by atoms with Gasteiger partial charge in [0.15, 0.2) is 11.5 Å². The van der Waals surface area contributed by atoms with Gasteiger partial charge in [-0.1, -0.05) is 0 Å². The molecule has 27 heavy (non-hydrogen) atoms. The van der Waals surface area contributed by atoms with Crippen LogP contribution in [0.1, 0.15) is 31.2 Å². The number of hydrogen-bond acceptors (Lipinski definition) is 7. The average Bonchev–Trinajstić information content (AvgIpc) is 3.07. The Kier molecular flexibility index (Phi) is 5.41. The molecule has 8 nitrogen and oxygen atoms in total. The van der Waals surface area contributed by atoms with Gasteiger partial charge in [-0.2, -0.15) is 5.01 Å². The molecule has 1 aliphatic rings. The van der Waals surface area contributed by atoms with Crippen molar-refractivity contribution in [2.75, 3.05) is 7.11 Å². The van der Waals surface area contributed by atoms with E-state index >= 15 is 0 Å². The standard InChI is InChI=1S/C18H16BrN3O5/c1-10(23)22-18(27-17(21-22)13-6-14(19)9-20-8-13)12-4-5-15(26-11(2)24)16(7-12)25-3/h4-9,18H,1-3H3. The third-order valence-electron chi connectivity index (χ3n) is 3.64. The number of carbonyl (C=O) groups excluding carboxylic acids is 2. The van der Waals surface area contributed by atoms with Crippen LogP contribution in [-0.4, -0.2) is 34.9 Å². The van der Waals surface area contributed by atoms with Crippen molar-refractivity contribution in [2.24, 2.45) is 5.10 Å². The minimum Gasteiger partial charge on any atom is -0.493 e. The highest BCUT2D eigenvalue weighted by atomic mass is 79.9. The van der Waals surface area contributed by atoms with Crippen molar-refractivity contribution in [3.05, 3.63) is 52.3 Å². The lowest BCUT2D eigenvalue weighted by Crippen LogP contribution is -2.25. The summed E-state index contributed by atoms with van der Waals surface area (Å²) in [4.78, 5) is 27.3. The van der Waals surface area contributed by atoms with Crippen molar-refractivity contribution < 1.29 is 23.8 Å². The van der Waals surface area contributed by atoms with E-state index in [-0.39, 0.29) is 17.6 Å². The predicted molar refractivity (Wildman–Crippen MR) is 99.1 cm³/mol. The number of pyridine rings is 1. The molecule has 1 amide bonds. The number of carbonyl (C=O) groups is 2. The predicted octanol–water partition coefficient (Wildman–Crippen LogP) is 3.02. The summed E-state index contributed by atoms with van der Waals surface area (Å²) in [6, 6.07) is 6.68. The van der Waals surface area contributed by atoms with Crippen LogP contribution in [-0.2, 0) is 14.3 Å². The van der Waals surface area contributed by atoms with Gasteiger partial charge in [-0.25, -0.2) is 0 Å². The van der Waals surface area contributed by atoms with Crippen molar-refractivity contribution in [3.8, 4) is 11.5 Å². The molecule has 1 aliphatic heterocycles. The highest BCUT2D eigenvalue weighted by molar-refractivity contribution is 9.10. The van der Waals surface area contributed by atoms with Crippen LogP contribution in [0, 0.1) is 0 Å². The highest BCUT2D eigenvalue weighted by Gasteiger charge is 2.34. The quantitative estimate of drug-likeness (QED) is 0.543. The Hall–Kier alpha value is -2.94. The third kappa shape index (κ3) is 4.08. The van der Waals surface area contributed by atoms with Crippen molar-refractivity contribution in [1.82, 2.24) is 9.99 Å². The van der Waals surface area contributed by atoms with Crippen molar-refractivity contribution in [1.29, 1.82) is 0 Å². The van der Waals surface area contributed by atoms with Gasteiger partial charge in [0.25, 0.3) is 0 Å². The van der Waals surface area contributed by atoms with E-state index in [9.17, 15) is 9.59 Å². The molecule has 1 unspecified atom stereocenters. The van der Waals surface area contributed by atoms with Gasteiger partial charge in [-0.05, 0) is 40.2 Å². The topological polar surface area (TPSA) is 90.3 Å². The summed E-state index contributed by atoms with van der Waals surface area (Å²) >= 11 is 3.35. The van der Waals surface area contributed by atoms with Gasteiger partial charge >= 0.3 is 5.97 Å². The molecule has 2 heterocycles. The van der Waals surface area contributed by atoms with E-state index in [0.29, 0.717) is 16.9 Å². The van der Waals surface area contributed by atoms with Gasteiger partial charge in [-0.3, -0.25) is 14.6 Å². The Morgan fingerprint density at radius 2 is 1.96 bits per heavy atom. The first-order valence-electron chi connectivity index (χ1n) is 7.91. The normalized spacial score (nSPS) is 15.8. The minimum absolute atomic E-state index is 0.270. The zero-order valence-corrected chi connectivity index (χ0v) is 16.4. The van der Waals surface area contributed by atoms with Crippen LogP contribution >= 0.6 is 15.9 Å². The fourth-order valence-corrected chi connectivity index (χ4v) is 2.87. The van der Waals surface area contributed by atoms with Gasteiger partial charge in [-0.15, -0.1) is 5.10 Å². The molecule has 3 rings (SSSR count). The Morgan fingerprint density at radius 1 is 1.19 bits per heavy atom. The summed E-state index contributed by atoms with van der Waals surface area (Å²) in [5, 5.41) is 5.51. The second-order valence-corrected chi connectivity index (χ2v) is 6.55. The van der Waals surface area contributed by atoms with E-state index in [4.69, 9.17) is 14.2 Å². The fraction of sp³-hybridized carbons (Fsp3) is 0.222. The van der Waals surface area contributed by atoms with E-state index in [1.165, 1.54) is 26.0 Å². The second kappa shape index (κ2) is 7.75. The number of rotatable bonds is 4. The first kappa shape index (κ1) is 18.8. The van der Waals surface area contributed by atoms with Crippen LogP contribution < -0.4 is 9.47 Å². The van der Waals surface area contributed by atoms with Crippen LogP contribution in [0.25, 0.3) is 0 Å². The molecule has 0 aliphatic carbocycles. The molecule has 1 atom stereocenters. The maximum Gasteiger partial charge on any atom is 0.308 e. The Morgan fingerprint density at radius 3 is 2.59 bits per heavy atom. The van der Waals surface area contributed by atoms with E-state index in [1.807, 2.05) is 0 Å². The van der Waals surface area contributed by atoms with E-state index < -0.39 is 12.2 Å². The summed E-state index contributed by atoms with van der Waals surface area (Å²) in [5.74, 6) is 0.134. The Balaban J connectivity index is 1.94. The molecule has 1 aromatic heterocycles. The molecule has 1 aromatic carbocycles. The summed E-state index contributed by atoms with van der Waals surface area (Å²) in [6.45, 7) is 2.70. The maximum atomic E-state index is 12.1. The summed E-state index contributed by atoms with van der Waals surface area (Å²) in [5.41, 5.74) is 1.24. The molecule has 0 fully saturated rings. The van der Waals surface area contributed by atoms with Crippen LogP contribution in [0.4, 0.5) is 0 Å². The molecule has 2 aromatic rings. The lowest BCUT2D eigenvalue weighted by Gasteiger charge is -2.20. The smallest absolute Gasteiger partial charge is 0.308 e. The van der Waals surface area contributed by atoms with Gasteiger partial charge < -0.3 is 14.2 Å². The molecule has 0 radical (unpaired) electrons. The second-order valence-electron chi connectivity index (χ2n) is 5.63. The SMILES string of the molecule is COc1cc(C2OC(c3cncc(Br)c3)=NN2C(C)=O)ccc1OC(C)=O. The molecular formula is C18H16BrN3O5. The molecule has 0 saturated carbocycles. The van der Waals surface area contributed by atoms with Crippen LogP contribution in [0.15, 0.2) is 46.2 Å². The summed E-state index contributed by atoms with van der Waals surface area (Å²) in [7, 11) is 1.46. The third-order valence-corrected chi connectivity index (χ3v) is 4.08. The fourth-order valence-electron chi connectivity index (χ4n) is 2.51. The van der Waals surface area contributed by atoms with Gasteiger partial charge in [0, 0.05) is 36.3 Å². The number of methoxy groups -OCH3 is 1. The van der Waals surface area contributed by atoms with Crippen LogP contribution in [0.5, 0.6) is 11.5 Å². The number of ether oxygens (including phenoxy) is 3. The molecule has 0 spiro atoms. The number of esters is 1. The number of benzene rings is 1. The van der Waals surface area contributed by atoms with Crippen LogP contribution in [0.2, 0.25) is 0 Å². The maximum absolute atomic E-state index is 12.1. The Labute approximate surface area is 163 Å². The van der Waals surface area contributed by atoms with Crippen LogP contribution in [0.3, 0.4) is 0 Å².